The molecule has 1 atom stereocenters. The summed E-state index contributed by atoms with van der Waals surface area (Å²) in [4.78, 5) is 31.5. The first-order valence-corrected chi connectivity index (χ1v) is 10.5. The van der Waals surface area contributed by atoms with E-state index in [0.29, 0.717) is 28.6 Å². The molecule has 7 nitrogen and oxygen atoms in total. The van der Waals surface area contributed by atoms with Crippen molar-refractivity contribution >= 4 is 29.1 Å². The van der Waals surface area contributed by atoms with Crippen molar-refractivity contribution in [2.45, 2.75) is 32.9 Å². The molecule has 2 heterocycles. The van der Waals surface area contributed by atoms with Gasteiger partial charge in [0.15, 0.2) is 0 Å². The van der Waals surface area contributed by atoms with E-state index in [9.17, 15) is 14.7 Å². The number of pyridine rings is 1. The molecular formula is C23H25ClN2O5. The number of ether oxygens (including phenoxy) is 2. The van der Waals surface area contributed by atoms with E-state index >= 15 is 0 Å². The second-order valence-electron chi connectivity index (χ2n) is 7.24. The van der Waals surface area contributed by atoms with E-state index in [1.807, 2.05) is 20.8 Å². The number of hydrogen-bond acceptors (Lipinski definition) is 6. The molecule has 164 valence electrons. The summed E-state index contributed by atoms with van der Waals surface area (Å²) < 4.78 is 11.1. The summed E-state index contributed by atoms with van der Waals surface area (Å²) in [5, 5.41) is 11.5. The number of aliphatic hydroxyl groups is 1. The first-order valence-electron chi connectivity index (χ1n) is 10.1. The molecule has 1 aliphatic heterocycles. The van der Waals surface area contributed by atoms with Crippen LogP contribution >= 0.6 is 11.6 Å². The molecule has 3 rings (SSSR count). The predicted octanol–water partition coefficient (Wildman–Crippen LogP) is 3.98. The van der Waals surface area contributed by atoms with Crippen LogP contribution in [0.25, 0.3) is 5.76 Å². The monoisotopic (exact) mass is 444 g/mol. The van der Waals surface area contributed by atoms with Gasteiger partial charge in [0.2, 0.25) is 0 Å². The number of ketones is 1. The lowest BCUT2D eigenvalue weighted by Gasteiger charge is -2.24. The Bertz CT molecular complexity index is 991. The summed E-state index contributed by atoms with van der Waals surface area (Å²) in [6.45, 7) is 6.42. The summed E-state index contributed by atoms with van der Waals surface area (Å²) in [5.41, 5.74) is 0.773. The third-order valence-corrected chi connectivity index (χ3v) is 5.11. The second kappa shape index (κ2) is 9.94. The highest BCUT2D eigenvalue weighted by Crippen LogP contribution is 2.39. The molecule has 0 spiro atoms. The summed E-state index contributed by atoms with van der Waals surface area (Å²) in [6, 6.07) is 9.09. The van der Waals surface area contributed by atoms with E-state index in [2.05, 4.69) is 4.98 Å². The van der Waals surface area contributed by atoms with Crippen LogP contribution in [0.1, 0.15) is 38.1 Å². The number of rotatable bonds is 8. The Morgan fingerprint density at radius 2 is 2.03 bits per heavy atom. The van der Waals surface area contributed by atoms with Crippen LogP contribution in [0, 0.1) is 0 Å². The minimum atomic E-state index is -0.830. The predicted molar refractivity (Wildman–Crippen MR) is 117 cm³/mol. The van der Waals surface area contributed by atoms with E-state index in [1.165, 1.54) is 4.90 Å². The van der Waals surface area contributed by atoms with E-state index in [1.54, 1.807) is 42.6 Å². The minimum absolute atomic E-state index is 0.0174. The largest absolute Gasteiger partial charge is 0.507 e. The molecule has 1 unspecified atom stereocenters. The average molecular weight is 445 g/mol. The summed E-state index contributed by atoms with van der Waals surface area (Å²) in [6.07, 6.45) is 1.56. The van der Waals surface area contributed by atoms with Crippen molar-refractivity contribution in [3.05, 3.63) is 64.4 Å². The maximum absolute atomic E-state index is 13.0. The summed E-state index contributed by atoms with van der Waals surface area (Å²) in [5.74, 6) is -1.41. The third kappa shape index (κ3) is 4.89. The quantitative estimate of drug-likeness (QED) is 0.376. The van der Waals surface area contributed by atoms with Crippen molar-refractivity contribution in [2.75, 3.05) is 19.8 Å². The average Bonchev–Trinajstić information content (AvgIpc) is 3.00. The van der Waals surface area contributed by atoms with Gasteiger partial charge in [-0.2, -0.15) is 0 Å². The van der Waals surface area contributed by atoms with Gasteiger partial charge >= 0.3 is 0 Å². The van der Waals surface area contributed by atoms with Crippen LogP contribution in [0.4, 0.5) is 0 Å². The SMILES string of the molecule is CCOc1cc(/C(O)=C2/C(=O)C(=O)N(CCOC(C)C)C2c2ccccn2)ccc1Cl. The minimum Gasteiger partial charge on any atom is -0.507 e. The van der Waals surface area contributed by atoms with E-state index in [4.69, 9.17) is 21.1 Å². The summed E-state index contributed by atoms with van der Waals surface area (Å²) in [7, 11) is 0. The molecule has 1 fully saturated rings. The number of hydrogen-bond donors (Lipinski definition) is 1. The highest BCUT2D eigenvalue weighted by atomic mass is 35.5. The zero-order valence-electron chi connectivity index (χ0n) is 17.7. The third-order valence-electron chi connectivity index (χ3n) is 4.80. The molecule has 0 aliphatic carbocycles. The van der Waals surface area contributed by atoms with Gasteiger partial charge in [0.25, 0.3) is 11.7 Å². The number of carbonyl (C=O) groups is 2. The van der Waals surface area contributed by atoms with Gasteiger partial charge in [0, 0.05) is 18.3 Å². The van der Waals surface area contributed by atoms with Crippen LogP contribution in [0.5, 0.6) is 5.75 Å². The fourth-order valence-electron chi connectivity index (χ4n) is 3.41. The molecule has 1 N–H and O–H groups in total. The van der Waals surface area contributed by atoms with Crippen LogP contribution in [0.2, 0.25) is 5.02 Å². The Morgan fingerprint density at radius 3 is 2.68 bits per heavy atom. The number of benzene rings is 1. The first kappa shape index (κ1) is 22.8. The second-order valence-corrected chi connectivity index (χ2v) is 7.65. The smallest absolute Gasteiger partial charge is 0.295 e. The molecule has 0 saturated carbocycles. The van der Waals surface area contributed by atoms with Crippen molar-refractivity contribution in [2.24, 2.45) is 0 Å². The standard InChI is InChI=1S/C23H25ClN2O5/c1-4-30-18-13-15(8-9-16(18)24)21(27)19-20(17-7-5-6-10-25-17)26(23(29)22(19)28)11-12-31-14(2)3/h5-10,13-14,20,27H,4,11-12H2,1-3H3/b21-19-. The number of amides is 1. The topological polar surface area (TPSA) is 89.0 Å². The zero-order chi connectivity index (χ0) is 22.5. The van der Waals surface area contributed by atoms with E-state index < -0.39 is 17.7 Å². The number of nitrogens with zero attached hydrogens (tertiary/aromatic N) is 2. The van der Waals surface area contributed by atoms with Gasteiger partial charge in [-0.25, -0.2) is 0 Å². The van der Waals surface area contributed by atoms with Gasteiger partial charge in [0.05, 0.1) is 35.6 Å². The number of Topliss-reactive ketones (excluding diaryl/α,β-unsaturated/α-hetero) is 1. The van der Waals surface area contributed by atoms with Crippen molar-refractivity contribution in [3.63, 3.8) is 0 Å². The Hall–Kier alpha value is -2.90. The van der Waals surface area contributed by atoms with Gasteiger partial charge in [0.1, 0.15) is 17.6 Å². The molecule has 1 saturated heterocycles. The molecule has 8 heteroatoms. The lowest BCUT2D eigenvalue weighted by molar-refractivity contribution is -0.140. The fourth-order valence-corrected chi connectivity index (χ4v) is 3.59. The molecule has 1 amide bonds. The first-order chi connectivity index (χ1) is 14.8. The van der Waals surface area contributed by atoms with Crippen LogP contribution in [0.15, 0.2) is 48.2 Å². The van der Waals surface area contributed by atoms with Gasteiger partial charge < -0.3 is 19.5 Å². The molecule has 31 heavy (non-hydrogen) atoms. The van der Waals surface area contributed by atoms with Crippen LogP contribution in [-0.4, -0.2) is 52.5 Å². The highest BCUT2D eigenvalue weighted by Gasteiger charge is 2.46. The lowest BCUT2D eigenvalue weighted by Crippen LogP contribution is -2.33. The lowest BCUT2D eigenvalue weighted by atomic mass is 9.98. The maximum Gasteiger partial charge on any atom is 0.295 e. The molecule has 1 aromatic carbocycles. The molecule has 2 aromatic rings. The number of likely N-dealkylation sites (tertiary alicyclic amines) is 1. The van der Waals surface area contributed by atoms with Gasteiger partial charge in [-0.1, -0.05) is 17.7 Å². The van der Waals surface area contributed by atoms with Gasteiger partial charge in [-0.05, 0) is 51.1 Å². The molecule has 1 aliphatic rings. The van der Waals surface area contributed by atoms with Crippen LogP contribution < -0.4 is 4.74 Å². The zero-order valence-corrected chi connectivity index (χ0v) is 18.4. The molecule has 1 aromatic heterocycles. The van der Waals surface area contributed by atoms with Crippen LogP contribution in [0.3, 0.4) is 0 Å². The molecular weight excluding hydrogens is 420 g/mol. The number of aliphatic hydroxyl groups excluding tert-OH is 1. The van der Waals surface area contributed by atoms with Crippen LogP contribution in [-0.2, 0) is 14.3 Å². The highest BCUT2D eigenvalue weighted by molar-refractivity contribution is 6.46. The number of aromatic nitrogens is 1. The van der Waals surface area contributed by atoms with Gasteiger partial charge in [-0.15, -0.1) is 0 Å². The number of halogens is 1. The summed E-state index contributed by atoms with van der Waals surface area (Å²) >= 11 is 6.15. The van der Waals surface area contributed by atoms with Crippen molar-refractivity contribution in [3.8, 4) is 5.75 Å². The fraction of sp³-hybridized carbons (Fsp3) is 0.348. The van der Waals surface area contributed by atoms with E-state index in [0.717, 1.165) is 0 Å². The Balaban J connectivity index is 2.08. The van der Waals surface area contributed by atoms with E-state index in [-0.39, 0.29) is 30.6 Å². The van der Waals surface area contributed by atoms with Gasteiger partial charge in [-0.3, -0.25) is 14.6 Å². The maximum atomic E-state index is 13.0. The van der Waals surface area contributed by atoms with Crippen molar-refractivity contribution < 1.29 is 24.2 Å². The molecule has 0 radical (unpaired) electrons. The van der Waals surface area contributed by atoms with Crippen molar-refractivity contribution in [1.29, 1.82) is 0 Å². The van der Waals surface area contributed by atoms with Crippen molar-refractivity contribution in [1.82, 2.24) is 9.88 Å². The molecule has 0 bridgehead atoms. The Morgan fingerprint density at radius 1 is 1.26 bits per heavy atom. The number of carbonyl (C=O) groups excluding carboxylic acids is 2. The Kier molecular flexibility index (Phi) is 7.30. The normalized spacial score (nSPS) is 18.1. The Labute approximate surface area is 186 Å².